The number of nitrogens with one attached hydrogen (secondary N) is 2. The van der Waals surface area contributed by atoms with Gasteiger partial charge in [-0.2, -0.15) is 5.26 Å². The van der Waals surface area contributed by atoms with Crippen LogP contribution in [-0.4, -0.2) is 23.1 Å². The highest BCUT2D eigenvalue weighted by molar-refractivity contribution is 7.11. The van der Waals surface area contributed by atoms with Crippen LogP contribution in [0.5, 0.6) is 5.88 Å². The van der Waals surface area contributed by atoms with E-state index in [1.807, 2.05) is 37.4 Å². The number of rotatable bonds is 4. The van der Waals surface area contributed by atoms with Gasteiger partial charge < -0.3 is 15.4 Å². The zero-order valence-electron chi connectivity index (χ0n) is 16.7. The third-order valence-corrected chi connectivity index (χ3v) is 5.81. The summed E-state index contributed by atoms with van der Waals surface area (Å²) in [4.78, 5) is 21.3. The first-order valence-corrected chi connectivity index (χ1v) is 10.1. The summed E-state index contributed by atoms with van der Waals surface area (Å²) in [5.74, 6) is 0.508. The van der Waals surface area contributed by atoms with Gasteiger partial charge in [0.15, 0.2) is 0 Å². The molecule has 0 aliphatic carbocycles. The van der Waals surface area contributed by atoms with E-state index in [-0.39, 0.29) is 12.1 Å². The lowest BCUT2D eigenvalue weighted by atomic mass is 9.97. The summed E-state index contributed by atoms with van der Waals surface area (Å²) >= 11 is 1.51. The Labute approximate surface area is 178 Å². The van der Waals surface area contributed by atoms with Crippen molar-refractivity contribution in [2.24, 2.45) is 0 Å². The summed E-state index contributed by atoms with van der Waals surface area (Å²) < 4.78 is 5.14. The minimum atomic E-state index is -0.377. The minimum absolute atomic E-state index is 0.267. The van der Waals surface area contributed by atoms with Crippen LogP contribution in [0.2, 0.25) is 0 Å². The van der Waals surface area contributed by atoms with E-state index in [1.165, 1.54) is 11.3 Å². The maximum Gasteiger partial charge on any atom is 0.319 e. The van der Waals surface area contributed by atoms with Crippen LogP contribution in [-0.2, 0) is 0 Å². The molecule has 0 saturated carbocycles. The summed E-state index contributed by atoms with van der Waals surface area (Å²) in [7, 11) is 1.56. The molecule has 30 heavy (non-hydrogen) atoms. The normalized spacial score (nSPS) is 15.9. The molecule has 8 heteroatoms. The number of nitrogens with zero attached hydrogens (tertiary/aromatic N) is 3. The molecule has 1 aliphatic rings. The van der Waals surface area contributed by atoms with Gasteiger partial charge in [0.25, 0.3) is 0 Å². The van der Waals surface area contributed by atoms with Gasteiger partial charge in [0.2, 0.25) is 5.88 Å². The highest BCUT2D eigenvalue weighted by Crippen LogP contribution is 2.37. The van der Waals surface area contributed by atoms with Gasteiger partial charge in [0.1, 0.15) is 5.01 Å². The SMILES string of the molecule is COc1ccc(C2NC(=O)NC(C)=C2c2nc(-c3ccc(C#N)cc3C)cs2)cn1. The number of pyridine rings is 1. The smallest absolute Gasteiger partial charge is 0.319 e. The molecule has 150 valence electrons. The topological polar surface area (TPSA) is 99.9 Å². The molecule has 7 nitrogen and oxygen atoms in total. The van der Waals surface area contributed by atoms with Crippen molar-refractivity contribution in [2.45, 2.75) is 19.9 Å². The summed E-state index contributed by atoms with van der Waals surface area (Å²) in [6, 6.07) is 10.7. The minimum Gasteiger partial charge on any atom is -0.481 e. The lowest BCUT2D eigenvalue weighted by Gasteiger charge is -2.28. The molecule has 1 atom stereocenters. The Hall–Kier alpha value is -3.70. The standard InChI is InChI=1S/C22H19N5O2S/c1-12-8-14(9-23)4-6-16(12)17-11-30-21(26-17)19-13(2)25-22(28)27-20(19)15-5-7-18(29-3)24-10-15/h4-8,10-11,20H,1-3H3,(H2,25,27,28). The van der Waals surface area contributed by atoms with E-state index in [9.17, 15) is 4.79 Å². The number of carbonyl (C=O) groups is 1. The van der Waals surface area contributed by atoms with Gasteiger partial charge in [-0.1, -0.05) is 6.07 Å². The van der Waals surface area contributed by atoms with E-state index in [1.54, 1.807) is 25.4 Å². The largest absolute Gasteiger partial charge is 0.481 e. The van der Waals surface area contributed by atoms with Gasteiger partial charge in [0.05, 0.1) is 30.5 Å². The molecule has 3 aromatic rings. The van der Waals surface area contributed by atoms with E-state index < -0.39 is 0 Å². The number of methoxy groups -OCH3 is 1. The molecule has 0 bridgehead atoms. The number of carbonyl (C=O) groups excluding carboxylic acids is 1. The van der Waals surface area contributed by atoms with Crippen LogP contribution < -0.4 is 15.4 Å². The molecule has 4 rings (SSSR count). The molecule has 1 aromatic carbocycles. The van der Waals surface area contributed by atoms with Crippen molar-refractivity contribution >= 4 is 22.9 Å². The fourth-order valence-electron chi connectivity index (χ4n) is 3.45. The van der Waals surface area contributed by atoms with Gasteiger partial charge in [0, 0.05) is 34.5 Å². The van der Waals surface area contributed by atoms with Crippen LogP contribution >= 0.6 is 11.3 Å². The first kappa shape index (κ1) is 19.6. The lowest BCUT2D eigenvalue weighted by molar-refractivity contribution is 0.240. The molecule has 2 amide bonds. The average molecular weight is 417 g/mol. The first-order chi connectivity index (χ1) is 14.5. The zero-order valence-corrected chi connectivity index (χ0v) is 17.5. The van der Waals surface area contributed by atoms with E-state index >= 15 is 0 Å². The fraction of sp³-hybridized carbons (Fsp3) is 0.182. The second-order valence-electron chi connectivity index (χ2n) is 6.88. The van der Waals surface area contributed by atoms with Crippen molar-refractivity contribution < 1.29 is 9.53 Å². The van der Waals surface area contributed by atoms with E-state index in [0.29, 0.717) is 11.4 Å². The predicted molar refractivity (Wildman–Crippen MR) is 115 cm³/mol. The zero-order chi connectivity index (χ0) is 21.3. The van der Waals surface area contributed by atoms with Gasteiger partial charge in [-0.15, -0.1) is 11.3 Å². The van der Waals surface area contributed by atoms with Crippen molar-refractivity contribution in [3.05, 3.63) is 69.3 Å². The monoisotopic (exact) mass is 417 g/mol. The third kappa shape index (κ3) is 3.63. The van der Waals surface area contributed by atoms with E-state index in [4.69, 9.17) is 15.0 Å². The average Bonchev–Trinajstić information content (AvgIpc) is 3.22. The Morgan fingerprint density at radius 3 is 2.73 bits per heavy atom. The molecule has 1 aliphatic heterocycles. The molecule has 2 aromatic heterocycles. The van der Waals surface area contributed by atoms with Crippen LogP contribution in [0.15, 0.2) is 47.6 Å². The highest BCUT2D eigenvalue weighted by atomic mass is 32.1. The Morgan fingerprint density at radius 1 is 1.23 bits per heavy atom. The van der Waals surface area contributed by atoms with Gasteiger partial charge in [-0.25, -0.2) is 14.8 Å². The number of amides is 2. The van der Waals surface area contributed by atoms with Crippen LogP contribution in [0.1, 0.15) is 34.7 Å². The van der Waals surface area contributed by atoms with E-state index in [0.717, 1.165) is 38.7 Å². The second kappa shape index (κ2) is 7.97. The number of urea groups is 1. The van der Waals surface area contributed by atoms with Crippen LogP contribution in [0.3, 0.4) is 0 Å². The summed E-state index contributed by atoms with van der Waals surface area (Å²) in [5.41, 5.74) is 5.90. The quantitative estimate of drug-likeness (QED) is 0.663. The summed E-state index contributed by atoms with van der Waals surface area (Å²) in [6.07, 6.45) is 1.70. The van der Waals surface area contributed by atoms with Gasteiger partial charge >= 0.3 is 6.03 Å². The number of ether oxygens (including phenoxy) is 1. The molecule has 0 spiro atoms. The Bertz CT molecular complexity index is 1190. The number of hydrogen-bond acceptors (Lipinski definition) is 6. The lowest BCUT2D eigenvalue weighted by Crippen LogP contribution is -2.42. The molecule has 1 unspecified atom stereocenters. The molecular formula is C22H19N5O2S. The summed E-state index contributed by atoms with van der Waals surface area (Å²) in [6.45, 7) is 3.83. The fourth-order valence-corrected chi connectivity index (χ4v) is 4.40. The third-order valence-electron chi connectivity index (χ3n) is 4.94. The van der Waals surface area contributed by atoms with Crippen molar-refractivity contribution in [1.82, 2.24) is 20.6 Å². The number of nitriles is 1. The second-order valence-corrected chi connectivity index (χ2v) is 7.74. The number of hydrogen-bond donors (Lipinski definition) is 2. The van der Waals surface area contributed by atoms with Crippen molar-refractivity contribution in [2.75, 3.05) is 7.11 Å². The molecule has 0 saturated heterocycles. The molecule has 3 heterocycles. The van der Waals surface area contributed by atoms with Crippen molar-refractivity contribution in [3.63, 3.8) is 0 Å². The van der Waals surface area contributed by atoms with Gasteiger partial charge in [-0.05, 0) is 43.2 Å². The first-order valence-electron chi connectivity index (χ1n) is 9.25. The Kier molecular flexibility index (Phi) is 5.21. The van der Waals surface area contributed by atoms with E-state index in [2.05, 4.69) is 21.7 Å². The number of aryl methyl sites for hydroxylation is 1. The number of thiazole rings is 1. The van der Waals surface area contributed by atoms with Crippen LogP contribution in [0.4, 0.5) is 4.79 Å². The maximum atomic E-state index is 12.1. The highest BCUT2D eigenvalue weighted by Gasteiger charge is 2.30. The molecule has 2 N–H and O–H groups in total. The molecular weight excluding hydrogens is 398 g/mol. The molecule has 0 fully saturated rings. The molecule has 0 radical (unpaired) electrons. The Morgan fingerprint density at radius 2 is 2.07 bits per heavy atom. The van der Waals surface area contributed by atoms with Crippen molar-refractivity contribution in [1.29, 1.82) is 5.26 Å². The number of allylic oxidation sites excluding steroid dienone is 1. The summed E-state index contributed by atoms with van der Waals surface area (Å²) in [5, 5.41) is 17.7. The Balaban J connectivity index is 1.74. The van der Waals surface area contributed by atoms with Crippen LogP contribution in [0.25, 0.3) is 16.8 Å². The number of benzene rings is 1. The van der Waals surface area contributed by atoms with Crippen LogP contribution in [0, 0.1) is 18.3 Å². The number of aromatic nitrogens is 2. The maximum absolute atomic E-state index is 12.1. The predicted octanol–water partition coefficient (Wildman–Crippen LogP) is 4.18. The van der Waals surface area contributed by atoms with Crippen molar-refractivity contribution in [3.8, 4) is 23.2 Å². The van der Waals surface area contributed by atoms with Gasteiger partial charge in [-0.3, -0.25) is 0 Å².